The zero-order valence-corrected chi connectivity index (χ0v) is 18.1. The molecule has 1 aromatic heterocycles. The number of fused-ring (bicyclic) bond motifs is 1. The number of para-hydroxylation sites is 1. The fraction of sp³-hybridized carbons (Fsp3) is 0.0833. The first-order chi connectivity index (χ1) is 15.2. The summed E-state index contributed by atoms with van der Waals surface area (Å²) in [7, 11) is -2.20. The predicted molar refractivity (Wildman–Crippen MR) is 122 cm³/mol. The largest absolute Gasteiger partial charge is 0.339 e. The van der Waals surface area contributed by atoms with Gasteiger partial charge in [-0.2, -0.15) is 0 Å². The van der Waals surface area contributed by atoms with Gasteiger partial charge in [0.1, 0.15) is 11.6 Å². The molecule has 8 heteroatoms. The molecular weight excluding hydrogens is 431 g/mol. The van der Waals surface area contributed by atoms with Crippen LogP contribution in [0.1, 0.15) is 20.7 Å². The Hall–Kier alpha value is -3.78. The minimum atomic E-state index is -3.62. The third-order valence-electron chi connectivity index (χ3n) is 5.25. The van der Waals surface area contributed by atoms with Gasteiger partial charge in [-0.15, -0.1) is 0 Å². The molecule has 0 radical (unpaired) electrons. The maximum absolute atomic E-state index is 13.2. The topological polar surface area (TPSA) is 87.3 Å². The average molecular weight is 450 g/mol. The molecule has 0 atom stereocenters. The van der Waals surface area contributed by atoms with Crippen molar-refractivity contribution < 1.29 is 22.4 Å². The summed E-state index contributed by atoms with van der Waals surface area (Å²) in [5, 5.41) is 0.597. The minimum absolute atomic E-state index is 0.0664. The fourth-order valence-electron chi connectivity index (χ4n) is 3.55. The standard InChI is InChI=1S/C24H19FN2O4S/c1-27(32(2,30)31)24-20(15-7-4-3-5-8-15)18-9-6-10-19(21(18)26-24)23(29)22(28)16-11-13-17(25)14-12-16/h3-14,26H,1-2H3. The number of H-pyrrole nitrogens is 1. The van der Waals surface area contributed by atoms with Gasteiger partial charge in [-0.1, -0.05) is 42.5 Å². The van der Waals surface area contributed by atoms with Gasteiger partial charge in [0.15, 0.2) is 0 Å². The van der Waals surface area contributed by atoms with Crippen molar-refractivity contribution in [2.24, 2.45) is 0 Å². The number of sulfonamides is 1. The Balaban J connectivity index is 1.93. The lowest BCUT2D eigenvalue weighted by Gasteiger charge is -2.17. The minimum Gasteiger partial charge on any atom is -0.339 e. The van der Waals surface area contributed by atoms with E-state index in [4.69, 9.17) is 0 Å². The number of hydrogen-bond donors (Lipinski definition) is 1. The molecule has 0 bridgehead atoms. The third kappa shape index (κ3) is 3.80. The molecule has 0 aliphatic rings. The van der Waals surface area contributed by atoms with E-state index in [0.717, 1.165) is 28.3 Å². The molecular formula is C24H19FN2O4S. The Kier molecular flexibility index (Phi) is 5.40. The second-order valence-electron chi connectivity index (χ2n) is 7.34. The molecule has 32 heavy (non-hydrogen) atoms. The van der Waals surface area contributed by atoms with E-state index in [0.29, 0.717) is 16.5 Å². The van der Waals surface area contributed by atoms with Crippen LogP contribution in [0.25, 0.3) is 22.0 Å². The summed E-state index contributed by atoms with van der Waals surface area (Å²) in [4.78, 5) is 28.9. The molecule has 4 rings (SSSR count). The summed E-state index contributed by atoms with van der Waals surface area (Å²) in [6.45, 7) is 0. The van der Waals surface area contributed by atoms with Crippen molar-refractivity contribution in [2.75, 3.05) is 17.6 Å². The summed E-state index contributed by atoms with van der Waals surface area (Å²) < 4.78 is 38.9. The van der Waals surface area contributed by atoms with E-state index in [1.165, 1.54) is 25.2 Å². The van der Waals surface area contributed by atoms with Crippen LogP contribution in [0, 0.1) is 5.82 Å². The highest BCUT2D eigenvalue weighted by atomic mass is 32.2. The van der Waals surface area contributed by atoms with Gasteiger partial charge >= 0.3 is 0 Å². The molecule has 0 aliphatic carbocycles. The Labute approximate surface area is 184 Å². The van der Waals surface area contributed by atoms with Crippen LogP contribution in [-0.2, 0) is 10.0 Å². The molecule has 0 unspecified atom stereocenters. The Morgan fingerprint density at radius 2 is 1.53 bits per heavy atom. The summed E-state index contributed by atoms with van der Waals surface area (Å²) in [6.07, 6.45) is 1.08. The predicted octanol–water partition coefficient (Wildman–Crippen LogP) is 4.44. The Morgan fingerprint density at radius 3 is 2.16 bits per heavy atom. The van der Waals surface area contributed by atoms with Gasteiger partial charge in [-0.05, 0) is 35.9 Å². The molecule has 0 fully saturated rings. The van der Waals surface area contributed by atoms with Crippen molar-refractivity contribution in [3.8, 4) is 11.1 Å². The fourth-order valence-corrected chi connectivity index (χ4v) is 4.02. The van der Waals surface area contributed by atoms with Gasteiger partial charge in [0.2, 0.25) is 21.6 Å². The smallest absolute Gasteiger partial charge is 0.235 e. The van der Waals surface area contributed by atoms with Crippen LogP contribution >= 0.6 is 0 Å². The van der Waals surface area contributed by atoms with E-state index in [1.807, 2.05) is 30.3 Å². The number of ketones is 2. The van der Waals surface area contributed by atoms with Crippen molar-refractivity contribution in [1.82, 2.24) is 4.98 Å². The second kappa shape index (κ2) is 8.05. The number of nitrogens with zero attached hydrogens (tertiary/aromatic N) is 1. The summed E-state index contributed by atoms with van der Waals surface area (Å²) in [6, 6.07) is 18.8. The summed E-state index contributed by atoms with van der Waals surface area (Å²) in [5.74, 6) is -1.80. The van der Waals surface area contributed by atoms with Crippen LogP contribution in [-0.4, -0.2) is 38.3 Å². The molecule has 1 N–H and O–H groups in total. The van der Waals surface area contributed by atoms with Crippen LogP contribution in [0.5, 0.6) is 0 Å². The Morgan fingerprint density at radius 1 is 0.875 bits per heavy atom. The zero-order valence-electron chi connectivity index (χ0n) is 17.3. The quantitative estimate of drug-likeness (QED) is 0.348. The van der Waals surface area contributed by atoms with E-state index in [1.54, 1.807) is 12.1 Å². The number of hydrogen-bond acceptors (Lipinski definition) is 4. The van der Waals surface area contributed by atoms with Gasteiger partial charge in [0.05, 0.1) is 17.3 Å². The average Bonchev–Trinajstić information content (AvgIpc) is 3.17. The maximum Gasteiger partial charge on any atom is 0.235 e. The molecule has 0 spiro atoms. The number of carbonyl (C=O) groups excluding carboxylic acids is 2. The first-order valence-electron chi connectivity index (χ1n) is 9.67. The monoisotopic (exact) mass is 450 g/mol. The molecule has 0 aliphatic heterocycles. The van der Waals surface area contributed by atoms with Crippen molar-refractivity contribution in [2.45, 2.75) is 0 Å². The van der Waals surface area contributed by atoms with Crippen molar-refractivity contribution in [3.63, 3.8) is 0 Å². The SMILES string of the molecule is CN(c1[nH]c2c(C(=O)C(=O)c3ccc(F)cc3)cccc2c1-c1ccccc1)S(C)(=O)=O. The number of aromatic nitrogens is 1. The third-order valence-corrected chi connectivity index (χ3v) is 6.42. The highest BCUT2D eigenvalue weighted by Gasteiger charge is 2.26. The highest BCUT2D eigenvalue weighted by molar-refractivity contribution is 7.92. The van der Waals surface area contributed by atoms with Gasteiger partial charge in [0.25, 0.3) is 0 Å². The molecule has 162 valence electrons. The normalized spacial score (nSPS) is 11.5. The molecule has 1 heterocycles. The van der Waals surface area contributed by atoms with Gasteiger partial charge < -0.3 is 4.98 Å². The van der Waals surface area contributed by atoms with Crippen molar-refractivity contribution in [3.05, 3.63) is 89.7 Å². The first-order valence-corrected chi connectivity index (χ1v) is 11.5. The number of benzene rings is 3. The van der Waals surface area contributed by atoms with E-state index >= 15 is 0 Å². The highest BCUT2D eigenvalue weighted by Crippen LogP contribution is 2.39. The number of rotatable bonds is 6. The van der Waals surface area contributed by atoms with Crippen LogP contribution < -0.4 is 4.31 Å². The number of nitrogens with one attached hydrogen (secondary N) is 1. The van der Waals surface area contributed by atoms with E-state index in [2.05, 4.69) is 4.98 Å². The second-order valence-corrected chi connectivity index (χ2v) is 9.35. The summed E-state index contributed by atoms with van der Waals surface area (Å²) >= 11 is 0. The van der Waals surface area contributed by atoms with Gasteiger partial charge in [0, 0.05) is 23.6 Å². The van der Waals surface area contributed by atoms with E-state index < -0.39 is 27.4 Å². The zero-order chi connectivity index (χ0) is 23.0. The lowest BCUT2D eigenvalue weighted by atomic mass is 9.97. The van der Waals surface area contributed by atoms with Crippen LogP contribution in [0.3, 0.4) is 0 Å². The van der Waals surface area contributed by atoms with Crippen LogP contribution in [0.4, 0.5) is 10.2 Å². The van der Waals surface area contributed by atoms with Gasteiger partial charge in [-0.3, -0.25) is 13.9 Å². The summed E-state index contributed by atoms with van der Waals surface area (Å²) in [5.41, 5.74) is 1.85. The lowest BCUT2D eigenvalue weighted by molar-refractivity contribution is 0.0817. The number of Topliss-reactive ketones (excluding diaryl/α,β-unsaturated/α-hetero) is 2. The first kappa shape index (κ1) is 21.5. The number of halogens is 1. The molecule has 6 nitrogen and oxygen atoms in total. The van der Waals surface area contributed by atoms with Crippen LogP contribution in [0.2, 0.25) is 0 Å². The Bertz CT molecular complexity index is 1440. The van der Waals surface area contributed by atoms with Crippen LogP contribution in [0.15, 0.2) is 72.8 Å². The molecule has 4 aromatic rings. The number of aromatic amines is 1. The molecule has 0 amide bonds. The van der Waals surface area contributed by atoms with E-state index in [9.17, 15) is 22.4 Å². The lowest BCUT2D eigenvalue weighted by Crippen LogP contribution is -2.25. The van der Waals surface area contributed by atoms with Crippen molar-refractivity contribution >= 4 is 38.3 Å². The molecule has 0 saturated heterocycles. The van der Waals surface area contributed by atoms with Crippen molar-refractivity contribution in [1.29, 1.82) is 0 Å². The molecule has 0 saturated carbocycles. The van der Waals surface area contributed by atoms with E-state index in [-0.39, 0.29) is 16.9 Å². The maximum atomic E-state index is 13.2. The number of carbonyl (C=O) groups is 2. The van der Waals surface area contributed by atoms with Gasteiger partial charge in [-0.25, -0.2) is 12.8 Å². The number of anilines is 1. The molecule has 3 aromatic carbocycles.